The Morgan fingerprint density at radius 1 is 0.254 bits per heavy atom. The van der Waals surface area contributed by atoms with Crippen LogP contribution in [0.5, 0.6) is 0 Å². The molecule has 0 bridgehead atoms. The minimum absolute atomic E-state index is 1.15. The van der Waals surface area contributed by atoms with Gasteiger partial charge in [0.15, 0.2) is 8.07 Å². The van der Waals surface area contributed by atoms with E-state index in [1.807, 2.05) is 0 Å². The third kappa shape index (κ3) is 5.85. The van der Waals surface area contributed by atoms with Crippen molar-refractivity contribution >= 4 is 72.4 Å². The van der Waals surface area contributed by atoms with Gasteiger partial charge in [-0.3, -0.25) is 0 Å². The summed E-state index contributed by atoms with van der Waals surface area (Å²) < 4.78 is 5.02. The maximum absolute atomic E-state index is 2.81. The summed E-state index contributed by atoms with van der Waals surface area (Å²) in [6, 6.07) is 94.2. The second kappa shape index (κ2) is 15.2. The fourth-order valence-corrected chi connectivity index (χ4v) is 15.1. The van der Waals surface area contributed by atoms with Gasteiger partial charge in [0.05, 0.1) is 33.4 Å². The zero-order valence-electron chi connectivity index (χ0n) is 34.6. The Kier molecular flexibility index (Phi) is 8.87. The molecule has 0 radical (unpaired) electrons. The summed E-state index contributed by atoms with van der Waals surface area (Å²) in [6.45, 7) is 0. The summed E-state index contributed by atoms with van der Waals surface area (Å²) in [5, 5.41) is 10.4. The first kappa shape index (κ1) is 36.8. The molecule has 10 aromatic carbocycles. The zero-order valence-corrected chi connectivity index (χ0v) is 35.6. The summed E-state index contributed by atoms with van der Waals surface area (Å²) in [5.74, 6) is 0. The molecule has 0 N–H and O–H groups in total. The van der Waals surface area contributed by atoms with Crippen molar-refractivity contribution in [1.29, 1.82) is 0 Å². The average molecular weight is 819 g/mol. The molecule has 12 rings (SSSR count). The molecule has 0 aliphatic rings. The molecule has 0 saturated heterocycles. The second-order valence-corrected chi connectivity index (χ2v) is 20.2. The van der Waals surface area contributed by atoms with Crippen LogP contribution in [0.3, 0.4) is 0 Å². The smallest absolute Gasteiger partial charge is 0.179 e. The highest BCUT2D eigenvalue weighted by Crippen LogP contribution is 2.41. The number of para-hydroxylation sites is 3. The molecule has 0 unspecified atom stereocenters. The van der Waals surface area contributed by atoms with Gasteiger partial charge >= 0.3 is 0 Å². The molecule has 0 fully saturated rings. The van der Waals surface area contributed by atoms with Crippen LogP contribution in [0.4, 0.5) is 0 Å². The quantitative estimate of drug-likeness (QED) is 0.107. The van der Waals surface area contributed by atoms with Gasteiger partial charge in [-0.1, -0.05) is 218 Å². The first-order chi connectivity index (χ1) is 31.3. The molecule has 0 aliphatic heterocycles. The summed E-state index contributed by atoms with van der Waals surface area (Å²) in [5.41, 5.74) is 11.9. The number of benzene rings is 10. The number of rotatable bonds is 8. The van der Waals surface area contributed by atoms with Crippen LogP contribution in [0.25, 0.3) is 77.2 Å². The van der Waals surface area contributed by atoms with E-state index >= 15 is 0 Å². The van der Waals surface area contributed by atoms with Crippen LogP contribution in [0.2, 0.25) is 0 Å². The highest BCUT2D eigenvalue weighted by Gasteiger charge is 2.41. The minimum atomic E-state index is -2.81. The lowest BCUT2D eigenvalue weighted by Gasteiger charge is -2.34. The van der Waals surface area contributed by atoms with Gasteiger partial charge in [0.25, 0.3) is 0 Å². The Balaban J connectivity index is 1.13. The lowest BCUT2D eigenvalue weighted by Crippen LogP contribution is -2.74. The monoisotopic (exact) mass is 818 g/mol. The van der Waals surface area contributed by atoms with E-state index in [9.17, 15) is 0 Å². The molecule has 3 heteroatoms. The van der Waals surface area contributed by atoms with Gasteiger partial charge in [-0.25, -0.2) is 0 Å². The number of fused-ring (bicyclic) bond motifs is 6. The van der Waals surface area contributed by atoms with Crippen LogP contribution in [-0.4, -0.2) is 17.2 Å². The normalized spacial score (nSPS) is 11.8. The maximum Gasteiger partial charge on any atom is 0.179 e. The molecular formula is C60H42N2Si. The summed E-state index contributed by atoms with van der Waals surface area (Å²) >= 11 is 0. The third-order valence-electron chi connectivity index (χ3n) is 13.1. The standard InChI is InChI=1S/C60H42N2Si/c1-5-20-43(21-6-1)44-36-38-45(39-37-44)50-28-13-16-31-54(50)61-56-33-18-15-30-53(56)60-57(61)34-19-35-58(60)62-55-32-17-14-29-51(55)52-41-40-49(42-59(52)62)63(46-22-7-2-8-23-46,47-24-9-3-10-25-47)48-26-11-4-12-27-48/h1-42H. The van der Waals surface area contributed by atoms with Crippen molar-refractivity contribution in [2.75, 3.05) is 0 Å². The highest BCUT2D eigenvalue weighted by atomic mass is 28.3. The zero-order chi connectivity index (χ0) is 41.7. The Morgan fingerprint density at radius 2 is 0.698 bits per heavy atom. The van der Waals surface area contributed by atoms with Crippen molar-refractivity contribution in [3.05, 3.63) is 255 Å². The van der Waals surface area contributed by atoms with E-state index in [1.54, 1.807) is 0 Å². The molecule has 0 atom stereocenters. The molecule has 0 saturated carbocycles. The lowest BCUT2D eigenvalue weighted by molar-refractivity contribution is 1.17. The van der Waals surface area contributed by atoms with E-state index in [-0.39, 0.29) is 0 Å². The molecule has 0 aliphatic carbocycles. The van der Waals surface area contributed by atoms with Gasteiger partial charge in [0.2, 0.25) is 0 Å². The van der Waals surface area contributed by atoms with E-state index in [1.165, 1.54) is 92.3 Å². The van der Waals surface area contributed by atoms with E-state index in [4.69, 9.17) is 0 Å². The van der Waals surface area contributed by atoms with Crippen molar-refractivity contribution in [3.63, 3.8) is 0 Å². The summed E-state index contributed by atoms with van der Waals surface area (Å²) in [6.07, 6.45) is 0. The Labute approximate surface area is 368 Å². The average Bonchev–Trinajstić information content (AvgIpc) is 3.88. The second-order valence-electron chi connectivity index (χ2n) is 16.4. The Morgan fingerprint density at radius 3 is 1.35 bits per heavy atom. The molecule has 0 spiro atoms. The van der Waals surface area contributed by atoms with Crippen LogP contribution < -0.4 is 20.7 Å². The van der Waals surface area contributed by atoms with Gasteiger partial charge in [0, 0.05) is 27.1 Å². The van der Waals surface area contributed by atoms with Crippen LogP contribution in [0.15, 0.2) is 255 Å². The fraction of sp³-hybridized carbons (Fsp3) is 0. The molecule has 2 heterocycles. The van der Waals surface area contributed by atoms with Crippen molar-refractivity contribution < 1.29 is 0 Å². The van der Waals surface area contributed by atoms with Crippen LogP contribution >= 0.6 is 0 Å². The van der Waals surface area contributed by atoms with Crippen LogP contribution in [0.1, 0.15) is 0 Å². The van der Waals surface area contributed by atoms with Gasteiger partial charge in [-0.15, -0.1) is 0 Å². The number of nitrogens with zero attached hydrogens (tertiary/aromatic N) is 2. The van der Waals surface area contributed by atoms with E-state index in [0.717, 1.165) is 5.69 Å². The summed E-state index contributed by atoms with van der Waals surface area (Å²) in [4.78, 5) is 0. The molecule has 12 aromatic rings. The predicted molar refractivity (Wildman–Crippen MR) is 270 cm³/mol. The van der Waals surface area contributed by atoms with E-state index in [0.29, 0.717) is 0 Å². The first-order valence-electron chi connectivity index (χ1n) is 21.8. The van der Waals surface area contributed by atoms with Crippen LogP contribution in [-0.2, 0) is 0 Å². The highest BCUT2D eigenvalue weighted by molar-refractivity contribution is 7.20. The fourth-order valence-electron chi connectivity index (χ4n) is 10.4. The number of hydrogen-bond acceptors (Lipinski definition) is 0. The SMILES string of the molecule is c1ccc(-c2ccc(-c3ccccc3-n3c4ccccc4c4c(-n5c6ccccc6c6ccc([Si](c7ccccc7)(c7ccccc7)c7ccccc7)cc65)cccc43)cc2)cc1. The third-order valence-corrected chi connectivity index (χ3v) is 17.9. The molecule has 63 heavy (non-hydrogen) atoms. The van der Waals surface area contributed by atoms with Gasteiger partial charge in [0.1, 0.15) is 0 Å². The topological polar surface area (TPSA) is 9.86 Å². The Hall–Kier alpha value is -7.98. The predicted octanol–water partition coefficient (Wildman–Crippen LogP) is 12.6. The maximum atomic E-state index is 2.54. The van der Waals surface area contributed by atoms with Crippen molar-refractivity contribution in [2.24, 2.45) is 0 Å². The summed E-state index contributed by atoms with van der Waals surface area (Å²) in [7, 11) is -2.81. The van der Waals surface area contributed by atoms with Crippen LogP contribution in [0, 0.1) is 0 Å². The molecule has 2 nitrogen and oxygen atoms in total. The molecule has 2 aromatic heterocycles. The van der Waals surface area contributed by atoms with Gasteiger partial charge in [-0.2, -0.15) is 0 Å². The Bertz CT molecular complexity index is 3490. The molecule has 296 valence electrons. The van der Waals surface area contributed by atoms with Crippen molar-refractivity contribution in [2.45, 2.75) is 0 Å². The molecular weight excluding hydrogens is 777 g/mol. The van der Waals surface area contributed by atoms with Gasteiger partial charge in [-0.05, 0) is 73.8 Å². The minimum Gasteiger partial charge on any atom is -0.309 e. The number of aromatic nitrogens is 2. The van der Waals surface area contributed by atoms with Gasteiger partial charge < -0.3 is 9.13 Å². The van der Waals surface area contributed by atoms with E-state index in [2.05, 4.69) is 264 Å². The van der Waals surface area contributed by atoms with E-state index < -0.39 is 8.07 Å². The van der Waals surface area contributed by atoms with Crippen molar-refractivity contribution in [3.8, 4) is 33.6 Å². The first-order valence-corrected chi connectivity index (χ1v) is 23.8. The number of hydrogen-bond donors (Lipinski definition) is 0. The van der Waals surface area contributed by atoms with Crippen molar-refractivity contribution in [1.82, 2.24) is 9.13 Å². The molecule has 0 amide bonds. The largest absolute Gasteiger partial charge is 0.309 e. The lowest BCUT2D eigenvalue weighted by atomic mass is 9.99.